The molecule has 0 amide bonds. The third-order valence-corrected chi connectivity index (χ3v) is 1.54. The number of hydrogen-bond donors (Lipinski definition) is 2. The van der Waals surface area contributed by atoms with Gasteiger partial charge in [0.15, 0.2) is 0 Å². The minimum Gasteiger partial charge on any atom is -0.489 e. The lowest BCUT2D eigenvalue weighted by molar-refractivity contribution is 0.243. The number of nitrogens with one attached hydrogen (secondary N) is 1. The molecule has 0 bridgehead atoms. The average molecular weight is 180 g/mol. The van der Waals surface area contributed by atoms with Crippen molar-refractivity contribution in [3.63, 3.8) is 0 Å². The van der Waals surface area contributed by atoms with Gasteiger partial charge in [0.05, 0.1) is 18.5 Å². The molecule has 0 saturated heterocycles. The first-order chi connectivity index (χ1) is 6.24. The lowest BCUT2D eigenvalue weighted by atomic mass is 10.3. The smallest absolute Gasteiger partial charge is 0.142 e. The lowest BCUT2D eigenvalue weighted by Crippen LogP contribution is -2.13. The van der Waals surface area contributed by atoms with Crippen LogP contribution < -0.4 is 15.8 Å². The van der Waals surface area contributed by atoms with Crippen molar-refractivity contribution in [1.82, 2.24) is 0 Å². The van der Waals surface area contributed by atoms with Crippen LogP contribution in [0, 0.1) is 0 Å². The third-order valence-electron chi connectivity index (χ3n) is 1.54. The van der Waals surface area contributed by atoms with E-state index in [2.05, 4.69) is 5.32 Å². The van der Waals surface area contributed by atoms with Crippen LogP contribution in [-0.2, 0) is 0 Å². The van der Waals surface area contributed by atoms with Gasteiger partial charge < -0.3 is 15.8 Å². The molecule has 0 aliphatic heterocycles. The molecule has 0 spiro atoms. The van der Waals surface area contributed by atoms with Crippen molar-refractivity contribution >= 4 is 5.69 Å². The monoisotopic (exact) mass is 180 g/mol. The molecule has 1 rings (SSSR count). The van der Waals surface area contributed by atoms with Crippen molar-refractivity contribution in [3.8, 4) is 5.75 Å². The van der Waals surface area contributed by atoms with Crippen LogP contribution in [0.1, 0.15) is 13.8 Å². The number of benzene rings is 1. The number of nitrogens with two attached hydrogens (primary N) is 1. The van der Waals surface area contributed by atoms with Crippen LogP contribution >= 0.6 is 0 Å². The van der Waals surface area contributed by atoms with Gasteiger partial charge in [0, 0.05) is 0 Å². The Kier molecular flexibility index (Phi) is 3.58. The zero-order chi connectivity index (χ0) is 9.68. The Morgan fingerprint density at radius 3 is 2.69 bits per heavy atom. The van der Waals surface area contributed by atoms with Crippen LogP contribution in [0.15, 0.2) is 24.3 Å². The zero-order valence-electron chi connectivity index (χ0n) is 8.08. The molecule has 1 aromatic carbocycles. The van der Waals surface area contributed by atoms with E-state index >= 15 is 0 Å². The number of anilines is 1. The predicted molar refractivity (Wildman–Crippen MR) is 54.9 cm³/mol. The summed E-state index contributed by atoms with van der Waals surface area (Å²) in [6.07, 6.45) is 0.181. The molecule has 72 valence electrons. The van der Waals surface area contributed by atoms with Crippen LogP contribution in [0.4, 0.5) is 5.69 Å². The quantitative estimate of drug-likeness (QED) is 0.694. The Morgan fingerprint density at radius 2 is 2.08 bits per heavy atom. The third kappa shape index (κ3) is 2.95. The molecule has 0 aliphatic rings. The number of para-hydroxylation sites is 2. The molecule has 3 heteroatoms. The van der Waals surface area contributed by atoms with E-state index in [1.165, 1.54) is 0 Å². The zero-order valence-corrected chi connectivity index (χ0v) is 8.08. The van der Waals surface area contributed by atoms with Gasteiger partial charge in [-0.1, -0.05) is 12.1 Å². The average Bonchev–Trinajstić information content (AvgIpc) is 2.08. The molecule has 0 radical (unpaired) electrons. The number of rotatable bonds is 4. The van der Waals surface area contributed by atoms with Gasteiger partial charge in [-0.2, -0.15) is 0 Å². The van der Waals surface area contributed by atoms with Gasteiger partial charge in [-0.25, -0.2) is 0 Å². The first-order valence-corrected chi connectivity index (χ1v) is 4.43. The van der Waals surface area contributed by atoms with Crippen LogP contribution in [0.25, 0.3) is 0 Å². The normalized spacial score (nSPS) is 10.2. The maximum atomic E-state index is 5.58. The highest BCUT2D eigenvalue weighted by Crippen LogP contribution is 2.23. The summed E-state index contributed by atoms with van der Waals surface area (Å²) in [5.41, 5.74) is 6.34. The van der Waals surface area contributed by atoms with Gasteiger partial charge in [0.1, 0.15) is 5.75 Å². The van der Waals surface area contributed by atoms with Gasteiger partial charge in [-0.05, 0) is 26.0 Å². The molecule has 0 saturated carbocycles. The molecule has 0 atom stereocenters. The minimum absolute atomic E-state index is 0.181. The largest absolute Gasteiger partial charge is 0.489 e. The fourth-order valence-electron chi connectivity index (χ4n) is 1.08. The van der Waals surface area contributed by atoms with Crippen molar-refractivity contribution in [3.05, 3.63) is 24.3 Å². The summed E-state index contributed by atoms with van der Waals surface area (Å²) < 4.78 is 5.58. The first kappa shape index (κ1) is 9.86. The summed E-state index contributed by atoms with van der Waals surface area (Å²) in [4.78, 5) is 0. The van der Waals surface area contributed by atoms with Gasteiger partial charge in [0.2, 0.25) is 0 Å². The first-order valence-electron chi connectivity index (χ1n) is 4.43. The highest BCUT2D eigenvalue weighted by atomic mass is 16.5. The van der Waals surface area contributed by atoms with Crippen molar-refractivity contribution in [2.75, 3.05) is 12.0 Å². The molecule has 13 heavy (non-hydrogen) atoms. The molecular formula is C10H16N2O. The van der Waals surface area contributed by atoms with Crippen molar-refractivity contribution in [1.29, 1.82) is 0 Å². The summed E-state index contributed by atoms with van der Waals surface area (Å²) in [7, 11) is 0. The second kappa shape index (κ2) is 4.72. The molecule has 0 aliphatic carbocycles. The fourth-order valence-corrected chi connectivity index (χ4v) is 1.08. The van der Waals surface area contributed by atoms with E-state index < -0.39 is 0 Å². The molecule has 0 heterocycles. The van der Waals surface area contributed by atoms with Gasteiger partial charge in [0.25, 0.3) is 0 Å². The van der Waals surface area contributed by atoms with E-state index in [0.29, 0.717) is 6.67 Å². The fraction of sp³-hybridized carbons (Fsp3) is 0.400. The molecule has 0 aromatic heterocycles. The van der Waals surface area contributed by atoms with Crippen LogP contribution in [0.5, 0.6) is 5.75 Å². The summed E-state index contributed by atoms with van der Waals surface area (Å²) in [6, 6.07) is 7.77. The number of hydrogen-bond acceptors (Lipinski definition) is 3. The predicted octanol–water partition coefficient (Wildman–Crippen LogP) is 1.80. The Balaban J connectivity index is 2.78. The van der Waals surface area contributed by atoms with Gasteiger partial charge in [-0.3, -0.25) is 0 Å². The maximum Gasteiger partial charge on any atom is 0.142 e. The van der Waals surface area contributed by atoms with Crippen molar-refractivity contribution < 1.29 is 4.74 Å². The minimum atomic E-state index is 0.181. The number of ether oxygens (including phenoxy) is 1. The van der Waals surface area contributed by atoms with E-state index in [9.17, 15) is 0 Å². The van der Waals surface area contributed by atoms with E-state index in [1.807, 2.05) is 38.1 Å². The van der Waals surface area contributed by atoms with Gasteiger partial charge >= 0.3 is 0 Å². The molecule has 3 nitrogen and oxygen atoms in total. The Bertz CT molecular complexity index is 261. The molecule has 0 fully saturated rings. The molecule has 1 aromatic rings. The second-order valence-corrected chi connectivity index (χ2v) is 3.04. The highest BCUT2D eigenvalue weighted by molar-refractivity contribution is 5.56. The van der Waals surface area contributed by atoms with Crippen LogP contribution in [0.2, 0.25) is 0 Å². The highest BCUT2D eigenvalue weighted by Gasteiger charge is 2.02. The standard InChI is InChI=1S/C10H16N2O/c1-8(2)13-10-6-4-3-5-9(10)12-7-11/h3-6,8,12H,7,11H2,1-2H3. The Labute approximate surface area is 78.9 Å². The topological polar surface area (TPSA) is 47.3 Å². The molecule has 3 N–H and O–H groups in total. The molecular weight excluding hydrogens is 164 g/mol. The Morgan fingerprint density at radius 1 is 1.38 bits per heavy atom. The van der Waals surface area contributed by atoms with Gasteiger partial charge in [-0.15, -0.1) is 0 Å². The van der Waals surface area contributed by atoms with Crippen molar-refractivity contribution in [2.45, 2.75) is 20.0 Å². The van der Waals surface area contributed by atoms with Crippen molar-refractivity contribution in [2.24, 2.45) is 5.73 Å². The second-order valence-electron chi connectivity index (χ2n) is 3.04. The maximum absolute atomic E-state index is 5.58. The van der Waals surface area contributed by atoms with E-state index in [1.54, 1.807) is 0 Å². The Hall–Kier alpha value is -1.22. The van der Waals surface area contributed by atoms with E-state index in [-0.39, 0.29) is 6.10 Å². The lowest BCUT2D eigenvalue weighted by Gasteiger charge is -2.14. The molecule has 0 unspecified atom stereocenters. The van der Waals surface area contributed by atoms with Crippen LogP contribution in [0.3, 0.4) is 0 Å². The summed E-state index contributed by atoms with van der Waals surface area (Å²) in [5.74, 6) is 0.850. The van der Waals surface area contributed by atoms with E-state index in [4.69, 9.17) is 10.5 Å². The summed E-state index contributed by atoms with van der Waals surface area (Å²) >= 11 is 0. The summed E-state index contributed by atoms with van der Waals surface area (Å²) in [6.45, 7) is 4.41. The van der Waals surface area contributed by atoms with Crippen LogP contribution in [-0.4, -0.2) is 12.8 Å². The SMILES string of the molecule is CC(C)Oc1ccccc1NCN. The summed E-state index contributed by atoms with van der Waals surface area (Å²) in [5, 5.41) is 3.03. The van der Waals surface area contributed by atoms with E-state index in [0.717, 1.165) is 11.4 Å².